The number of aromatic nitrogens is 3. The van der Waals surface area contributed by atoms with Crippen LogP contribution in [-0.4, -0.2) is 43.7 Å². The number of carbonyl (C=O) groups excluding carboxylic acids is 1. The Morgan fingerprint density at radius 1 is 1.14 bits per heavy atom. The number of fused-ring (bicyclic) bond motifs is 1. The number of hydrogen-bond acceptors (Lipinski definition) is 5. The van der Waals surface area contributed by atoms with Gasteiger partial charge in [0.1, 0.15) is 12.2 Å². The van der Waals surface area contributed by atoms with E-state index in [4.69, 9.17) is 9.90 Å². The second kappa shape index (κ2) is 11.6. The summed E-state index contributed by atoms with van der Waals surface area (Å²) in [4.78, 5) is 23.3. The fraction of sp³-hybridized carbons (Fsp3) is 0.484. The van der Waals surface area contributed by atoms with Gasteiger partial charge in [0.25, 0.3) is 12.4 Å². The Morgan fingerprint density at radius 3 is 2.39 bits per heavy atom. The summed E-state index contributed by atoms with van der Waals surface area (Å²) < 4.78 is 72.9. The highest BCUT2D eigenvalue weighted by Crippen LogP contribution is 2.55. The molecule has 236 valence electrons. The van der Waals surface area contributed by atoms with Crippen LogP contribution in [0.4, 0.5) is 27.6 Å². The lowest BCUT2D eigenvalue weighted by Gasteiger charge is -2.48. The molecule has 2 aliphatic carbocycles. The number of rotatable bonds is 8. The first-order chi connectivity index (χ1) is 20.8. The van der Waals surface area contributed by atoms with Gasteiger partial charge in [0, 0.05) is 55.1 Å². The summed E-state index contributed by atoms with van der Waals surface area (Å²) in [6, 6.07) is 9.40. The van der Waals surface area contributed by atoms with Crippen LogP contribution < -0.4 is 10.2 Å². The highest BCUT2D eigenvalue weighted by atomic mass is 19.4. The van der Waals surface area contributed by atoms with Crippen molar-refractivity contribution in [3.05, 3.63) is 76.4 Å². The van der Waals surface area contributed by atoms with Gasteiger partial charge in [-0.15, -0.1) is 10.2 Å². The van der Waals surface area contributed by atoms with E-state index < -0.39 is 41.8 Å². The number of anilines is 1. The number of benzene rings is 2. The van der Waals surface area contributed by atoms with Crippen LogP contribution in [-0.2, 0) is 42.9 Å². The second-order valence-corrected chi connectivity index (χ2v) is 12.1. The van der Waals surface area contributed by atoms with Crippen LogP contribution in [0.25, 0.3) is 0 Å². The van der Waals surface area contributed by atoms with E-state index in [0.29, 0.717) is 22.6 Å². The number of nitrogens with one attached hydrogen (secondary N) is 1. The standard InChI is InChI=1S/C30H32F5N5O.CH2O2/c1-3-28(8-5-9-28)36-14-19-10-22-23(24(11-19)30(33,34)35)15-40(26(22)41)21-7-4-6-20(12-21)27(16-29(31,32)17-27)13-25-38-37-18-39(25)2;2-1-3/h4,6-7,10-12,18,36H,3,5,8-9,13-17H2,1-2H3;1H,(H,2,3). The summed E-state index contributed by atoms with van der Waals surface area (Å²) in [6.07, 6.45) is 0.254. The van der Waals surface area contributed by atoms with Gasteiger partial charge in [-0.1, -0.05) is 19.1 Å². The number of hydrogen-bond donors (Lipinski definition) is 2. The smallest absolute Gasteiger partial charge is 0.416 e. The molecule has 1 aliphatic heterocycles. The average molecular weight is 620 g/mol. The number of aryl methyl sites for hydroxylation is 1. The molecule has 1 aromatic heterocycles. The summed E-state index contributed by atoms with van der Waals surface area (Å²) in [5.41, 5.74) is -0.438. The van der Waals surface area contributed by atoms with E-state index in [-0.39, 0.29) is 42.6 Å². The zero-order valence-electron chi connectivity index (χ0n) is 24.4. The fourth-order valence-electron chi connectivity index (χ4n) is 6.72. The third kappa shape index (κ3) is 5.93. The first-order valence-corrected chi connectivity index (χ1v) is 14.4. The number of carboxylic acid groups (broad SMARTS) is 1. The minimum atomic E-state index is -4.63. The van der Waals surface area contributed by atoms with Gasteiger partial charge in [-0.3, -0.25) is 9.59 Å². The van der Waals surface area contributed by atoms with Crippen LogP contribution in [0.15, 0.2) is 42.7 Å². The summed E-state index contributed by atoms with van der Waals surface area (Å²) in [6.45, 7) is 1.81. The molecule has 2 saturated carbocycles. The van der Waals surface area contributed by atoms with E-state index in [1.807, 2.05) is 0 Å². The molecule has 0 atom stereocenters. The van der Waals surface area contributed by atoms with Crippen molar-refractivity contribution in [3.8, 4) is 0 Å². The lowest BCUT2D eigenvalue weighted by Crippen LogP contribution is -2.51. The van der Waals surface area contributed by atoms with Gasteiger partial charge < -0.3 is 19.9 Å². The fourth-order valence-corrected chi connectivity index (χ4v) is 6.72. The molecule has 0 bridgehead atoms. The maximum absolute atomic E-state index is 14.3. The third-order valence-electron chi connectivity index (χ3n) is 9.33. The maximum atomic E-state index is 14.3. The highest BCUT2D eigenvalue weighted by molar-refractivity contribution is 6.10. The van der Waals surface area contributed by atoms with Crippen LogP contribution in [0, 0.1) is 0 Å². The second-order valence-electron chi connectivity index (χ2n) is 12.1. The van der Waals surface area contributed by atoms with Gasteiger partial charge in [0.15, 0.2) is 0 Å². The summed E-state index contributed by atoms with van der Waals surface area (Å²) >= 11 is 0. The van der Waals surface area contributed by atoms with E-state index in [2.05, 4.69) is 22.4 Å². The third-order valence-corrected chi connectivity index (χ3v) is 9.33. The first kappa shape index (κ1) is 31.6. The van der Waals surface area contributed by atoms with Crippen LogP contribution in [0.1, 0.15) is 83.9 Å². The Labute approximate surface area is 251 Å². The van der Waals surface area contributed by atoms with Crippen molar-refractivity contribution >= 4 is 18.1 Å². The zero-order chi connectivity index (χ0) is 31.9. The molecule has 2 aromatic carbocycles. The van der Waals surface area contributed by atoms with E-state index >= 15 is 0 Å². The van der Waals surface area contributed by atoms with Crippen molar-refractivity contribution in [1.82, 2.24) is 20.1 Å². The molecule has 44 heavy (non-hydrogen) atoms. The van der Waals surface area contributed by atoms with Gasteiger partial charge in [-0.2, -0.15) is 13.2 Å². The first-order valence-electron chi connectivity index (χ1n) is 14.4. The zero-order valence-corrected chi connectivity index (χ0v) is 24.4. The minimum absolute atomic E-state index is 0.0326. The molecule has 1 amide bonds. The molecule has 3 aliphatic rings. The normalized spacial score (nSPS) is 19.3. The van der Waals surface area contributed by atoms with E-state index in [0.717, 1.165) is 31.7 Å². The summed E-state index contributed by atoms with van der Waals surface area (Å²) in [5.74, 6) is -2.81. The number of nitrogens with zero attached hydrogens (tertiary/aromatic N) is 4. The monoisotopic (exact) mass is 619 g/mol. The SMILES string of the molecule is CCC1(NCc2cc3c(c(C(F)(F)F)c2)CN(c2cccc(C4(Cc5nncn5C)CC(F)(F)C4)c2)C3=O)CCC1.O=CO. The Bertz CT molecular complexity index is 1540. The molecule has 0 unspecified atom stereocenters. The molecule has 8 nitrogen and oxygen atoms in total. The average Bonchev–Trinajstić information content (AvgIpc) is 3.48. The van der Waals surface area contributed by atoms with Crippen LogP contribution in [0.5, 0.6) is 0 Å². The molecule has 13 heteroatoms. The van der Waals surface area contributed by atoms with Crippen molar-refractivity contribution in [3.63, 3.8) is 0 Å². The quantitative estimate of drug-likeness (QED) is 0.236. The van der Waals surface area contributed by atoms with Crippen LogP contribution in [0.3, 0.4) is 0 Å². The molecule has 0 spiro atoms. The maximum Gasteiger partial charge on any atom is 0.416 e. The predicted octanol–water partition coefficient (Wildman–Crippen LogP) is 6.03. The van der Waals surface area contributed by atoms with E-state index in [1.165, 1.54) is 11.2 Å². The van der Waals surface area contributed by atoms with Crippen molar-refractivity contribution in [2.75, 3.05) is 4.90 Å². The molecular formula is C31H34F5N5O3. The number of carbonyl (C=O) groups is 2. The molecule has 2 fully saturated rings. The van der Waals surface area contributed by atoms with E-state index in [1.54, 1.807) is 41.9 Å². The van der Waals surface area contributed by atoms with Gasteiger partial charge >= 0.3 is 6.18 Å². The van der Waals surface area contributed by atoms with Crippen molar-refractivity contribution in [2.24, 2.45) is 7.05 Å². The molecule has 2 N–H and O–H groups in total. The van der Waals surface area contributed by atoms with Crippen molar-refractivity contribution in [1.29, 1.82) is 0 Å². The Morgan fingerprint density at radius 2 is 1.84 bits per heavy atom. The van der Waals surface area contributed by atoms with Crippen molar-refractivity contribution < 1.29 is 36.6 Å². The van der Waals surface area contributed by atoms with Crippen LogP contribution >= 0.6 is 0 Å². The molecule has 0 saturated heterocycles. The predicted molar refractivity (Wildman–Crippen MR) is 151 cm³/mol. The Balaban J connectivity index is 0.00000123. The van der Waals surface area contributed by atoms with Gasteiger partial charge in [0.05, 0.1) is 12.1 Å². The van der Waals surface area contributed by atoms with Gasteiger partial charge in [-0.05, 0) is 66.6 Å². The van der Waals surface area contributed by atoms with Gasteiger partial charge in [-0.25, -0.2) is 8.78 Å². The number of amides is 1. The molecule has 6 rings (SSSR count). The topological polar surface area (TPSA) is 100 Å². The lowest BCUT2D eigenvalue weighted by molar-refractivity contribution is -0.138. The minimum Gasteiger partial charge on any atom is -0.483 e. The van der Waals surface area contributed by atoms with E-state index in [9.17, 15) is 26.7 Å². The molecule has 3 aromatic rings. The largest absolute Gasteiger partial charge is 0.483 e. The summed E-state index contributed by atoms with van der Waals surface area (Å²) in [7, 11) is 1.74. The summed E-state index contributed by atoms with van der Waals surface area (Å²) in [5, 5.41) is 18.2. The molecule has 2 heterocycles. The van der Waals surface area contributed by atoms with Crippen LogP contribution in [0.2, 0.25) is 0 Å². The Kier molecular flexibility index (Phi) is 8.29. The number of alkyl halides is 5. The Hall–Kier alpha value is -3.87. The highest BCUT2D eigenvalue weighted by Gasteiger charge is 2.57. The molecule has 0 radical (unpaired) electrons. The number of halogens is 5. The van der Waals surface area contributed by atoms with Gasteiger partial charge in [0.2, 0.25) is 5.92 Å². The molecular weight excluding hydrogens is 585 g/mol. The lowest BCUT2D eigenvalue weighted by atomic mass is 9.60. The van der Waals surface area contributed by atoms with Crippen molar-refractivity contribution in [2.45, 2.75) is 88.0 Å².